The molecule has 4 atom stereocenters. The highest BCUT2D eigenvalue weighted by atomic mass is 32.2. The van der Waals surface area contributed by atoms with Crippen LogP contribution in [0.3, 0.4) is 0 Å². The molecule has 48 heavy (non-hydrogen) atoms. The molecular weight excluding hydrogens is 636 g/mol. The van der Waals surface area contributed by atoms with Gasteiger partial charge in [0.15, 0.2) is 15.6 Å². The first kappa shape index (κ1) is 33.4. The minimum absolute atomic E-state index is 0.0216. The Morgan fingerprint density at radius 2 is 1.90 bits per heavy atom. The minimum Gasteiger partial charge on any atom is -0.497 e. The van der Waals surface area contributed by atoms with Crippen LogP contribution < -0.4 is 14.8 Å². The second-order valence-electron chi connectivity index (χ2n) is 13.7. The van der Waals surface area contributed by atoms with E-state index in [1.165, 1.54) is 4.90 Å². The first-order valence-electron chi connectivity index (χ1n) is 16.0. The molecule has 1 saturated heterocycles. The summed E-state index contributed by atoms with van der Waals surface area (Å²) >= 11 is 0. The number of amides is 2. The minimum atomic E-state index is -3.61. The number of methoxy groups -OCH3 is 1. The molecule has 3 heterocycles. The zero-order valence-electron chi connectivity index (χ0n) is 27.5. The Balaban J connectivity index is 1.29. The van der Waals surface area contributed by atoms with Gasteiger partial charge in [-0.05, 0) is 64.3 Å². The smallest absolute Gasteiger partial charge is 0.411 e. The Kier molecular flexibility index (Phi) is 8.69. The zero-order valence-corrected chi connectivity index (χ0v) is 28.3. The normalized spacial score (nSPS) is 23.8. The van der Waals surface area contributed by atoms with Gasteiger partial charge < -0.3 is 19.5 Å². The van der Waals surface area contributed by atoms with E-state index in [1.54, 1.807) is 58.4 Å². The number of hydrogen-bond acceptors (Lipinski definition) is 10. The monoisotopic (exact) mass is 676 g/mol. The van der Waals surface area contributed by atoms with Crippen molar-refractivity contribution in [1.82, 2.24) is 20.2 Å². The van der Waals surface area contributed by atoms with E-state index in [0.29, 0.717) is 46.6 Å². The Labute approximate surface area is 279 Å². The summed E-state index contributed by atoms with van der Waals surface area (Å²) in [5.74, 6) is -1.14. The maximum atomic E-state index is 14.0. The number of hydrogen-bond donors (Lipinski definition) is 1. The van der Waals surface area contributed by atoms with Crippen LogP contribution in [0.5, 0.6) is 11.5 Å². The third-order valence-corrected chi connectivity index (χ3v) is 11.1. The lowest BCUT2D eigenvalue weighted by molar-refractivity contribution is -0.130. The Morgan fingerprint density at radius 1 is 1.12 bits per heavy atom. The van der Waals surface area contributed by atoms with Crippen molar-refractivity contribution in [3.63, 3.8) is 0 Å². The standard InChI is InChI=1S/C35H40N4O8S/c1-6-21-18-35(21,31(40)20-48(43,44)24-11-12-24)38-32(41)29-16-23(19-39(29)33(42)47-34(2,3)4)46-30-17-28(26-9-7-8-14-36-26)37-27-15-22(45-5)10-13-25(27)30/h6-10,13-15,17,21,23-24,29H,1,11-12,16,18-20H2,2-5H3,(H,38,41)/t21-,23-,29+,35-/m1/s1. The second kappa shape index (κ2) is 12.5. The van der Waals surface area contributed by atoms with Gasteiger partial charge in [-0.15, -0.1) is 6.58 Å². The number of nitrogens with zero attached hydrogens (tertiary/aromatic N) is 3. The summed E-state index contributed by atoms with van der Waals surface area (Å²) < 4.78 is 43.0. The van der Waals surface area contributed by atoms with E-state index in [2.05, 4.69) is 16.9 Å². The number of pyridine rings is 2. The van der Waals surface area contributed by atoms with Gasteiger partial charge in [-0.25, -0.2) is 18.2 Å². The molecule has 0 radical (unpaired) electrons. The molecule has 254 valence electrons. The molecule has 1 aromatic carbocycles. The number of carbonyl (C=O) groups is 3. The molecule has 6 rings (SSSR count). The van der Waals surface area contributed by atoms with Crippen molar-refractivity contribution in [2.75, 3.05) is 19.4 Å². The van der Waals surface area contributed by atoms with Crippen molar-refractivity contribution >= 4 is 38.5 Å². The van der Waals surface area contributed by atoms with Crippen LogP contribution in [-0.2, 0) is 24.2 Å². The van der Waals surface area contributed by atoms with Gasteiger partial charge in [0.1, 0.15) is 40.5 Å². The quantitative estimate of drug-likeness (QED) is 0.291. The molecular formula is C35H40N4O8S. The van der Waals surface area contributed by atoms with E-state index in [4.69, 9.17) is 19.2 Å². The third-order valence-electron chi connectivity index (χ3n) is 8.90. The molecule has 2 amide bonds. The lowest BCUT2D eigenvalue weighted by Gasteiger charge is -2.29. The summed E-state index contributed by atoms with van der Waals surface area (Å²) in [5.41, 5.74) is -0.431. The number of benzene rings is 1. The molecule has 0 unspecified atom stereocenters. The van der Waals surface area contributed by atoms with Crippen LogP contribution in [0.15, 0.2) is 61.3 Å². The molecule has 2 aliphatic carbocycles. The Hall–Kier alpha value is -4.52. The molecule has 0 bridgehead atoms. The van der Waals surface area contributed by atoms with E-state index in [0.717, 1.165) is 0 Å². The van der Waals surface area contributed by atoms with Gasteiger partial charge in [-0.2, -0.15) is 0 Å². The van der Waals surface area contributed by atoms with E-state index in [1.807, 2.05) is 24.3 Å². The molecule has 3 aliphatic rings. The van der Waals surface area contributed by atoms with Crippen molar-refractivity contribution in [1.29, 1.82) is 0 Å². The van der Waals surface area contributed by atoms with Crippen LogP contribution in [0.2, 0.25) is 0 Å². The first-order chi connectivity index (χ1) is 22.7. The van der Waals surface area contributed by atoms with E-state index in [9.17, 15) is 22.8 Å². The average Bonchev–Trinajstić information content (AvgIpc) is 3.97. The Morgan fingerprint density at radius 3 is 2.52 bits per heavy atom. The number of ether oxygens (including phenoxy) is 3. The predicted molar refractivity (Wildman–Crippen MR) is 178 cm³/mol. The SMILES string of the molecule is C=C[C@@H]1C[C@]1(NC(=O)[C@@H]1C[C@@H](Oc2cc(-c3ccccn3)nc3cc(OC)ccc23)CN1C(=O)OC(C)(C)C)C(=O)CS(=O)(=O)C1CC1. The van der Waals surface area contributed by atoms with Gasteiger partial charge in [0.2, 0.25) is 5.91 Å². The van der Waals surface area contributed by atoms with Crippen molar-refractivity contribution in [3.8, 4) is 22.9 Å². The number of ketones is 1. The molecule has 13 heteroatoms. The van der Waals surface area contributed by atoms with E-state index >= 15 is 0 Å². The van der Waals surface area contributed by atoms with Gasteiger partial charge >= 0.3 is 6.09 Å². The maximum absolute atomic E-state index is 14.0. The van der Waals surface area contributed by atoms with Gasteiger partial charge in [-0.3, -0.25) is 19.5 Å². The summed E-state index contributed by atoms with van der Waals surface area (Å²) in [6.45, 7) is 8.99. The first-order valence-corrected chi connectivity index (χ1v) is 17.7. The zero-order chi connectivity index (χ0) is 34.4. The van der Waals surface area contributed by atoms with Crippen molar-refractivity contribution in [2.45, 2.75) is 75.0 Å². The fourth-order valence-corrected chi connectivity index (χ4v) is 7.86. The van der Waals surface area contributed by atoms with Gasteiger partial charge in [0.05, 0.1) is 35.8 Å². The molecule has 2 saturated carbocycles. The summed E-state index contributed by atoms with van der Waals surface area (Å²) in [6.07, 6.45) is 3.28. The number of likely N-dealkylation sites (tertiary alicyclic amines) is 1. The van der Waals surface area contributed by atoms with Crippen LogP contribution >= 0.6 is 0 Å². The van der Waals surface area contributed by atoms with Crippen LogP contribution in [0.4, 0.5) is 4.79 Å². The highest BCUT2D eigenvalue weighted by Gasteiger charge is 2.61. The third kappa shape index (κ3) is 6.87. The molecule has 3 fully saturated rings. The summed E-state index contributed by atoms with van der Waals surface area (Å²) in [4.78, 5) is 51.4. The molecule has 1 N–H and O–H groups in total. The van der Waals surface area contributed by atoms with Crippen molar-refractivity contribution < 1.29 is 37.0 Å². The van der Waals surface area contributed by atoms with Crippen LogP contribution in [0.25, 0.3) is 22.3 Å². The average molecular weight is 677 g/mol. The van der Waals surface area contributed by atoms with Gasteiger partial charge in [0, 0.05) is 36.1 Å². The van der Waals surface area contributed by atoms with Crippen LogP contribution in [0.1, 0.15) is 46.5 Å². The van der Waals surface area contributed by atoms with Crippen molar-refractivity contribution in [2.24, 2.45) is 5.92 Å². The second-order valence-corrected chi connectivity index (χ2v) is 15.9. The lowest BCUT2D eigenvalue weighted by Crippen LogP contribution is -2.54. The molecule has 2 aromatic heterocycles. The highest BCUT2D eigenvalue weighted by Crippen LogP contribution is 2.46. The number of aromatic nitrogens is 2. The molecule has 0 spiro atoms. The van der Waals surface area contributed by atoms with Crippen LogP contribution in [0, 0.1) is 5.92 Å². The lowest BCUT2D eigenvalue weighted by atomic mass is 10.1. The maximum Gasteiger partial charge on any atom is 0.411 e. The largest absolute Gasteiger partial charge is 0.497 e. The number of sulfone groups is 1. The van der Waals surface area contributed by atoms with Crippen LogP contribution in [-0.4, -0.2) is 89.0 Å². The number of carbonyl (C=O) groups excluding carboxylic acids is 3. The fraction of sp³-hybridized carbons (Fsp3) is 0.457. The molecule has 3 aromatic rings. The summed E-state index contributed by atoms with van der Waals surface area (Å²) in [5, 5.41) is 3.03. The van der Waals surface area contributed by atoms with E-state index < -0.39 is 67.8 Å². The Bertz CT molecular complexity index is 1870. The van der Waals surface area contributed by atoms with Crippen molar-refractivity contribution in [3.05, 3.63) is 61.3 Å². The summed E-state index contributed by atoms with van der Waals surface area (Å²) in [6, 6.07) is 11.6. The highest BCUT2D eigenvalue weighted by molar-refractivity contribution is 7.93. The number of rotatable bonds is 11. The topological polar surface area (TPSA) is 154 Å². The summed E-state index contributed by atoms with van der Waals surface area (Å²) in [7, 11) is -2.04. The van der Waals surface area contributed by atoms with Gasteiger partial charge in [0.25, 0.3) is 0 Å². The number of fused-ring (bicyclic) bond motifs is 1. The predicted octanol–water partition coefficient (Wildman–Crippen LogP) is 4.27. The fourth-order valence-electron chi connectivity index (χ4n) is 6.15. The molecule has 1 aliphatic heterocycles. The van der Waals surface area contributed by atoms with Gasteiger partial charge in [-0.1, -0.05) is 12.1 Å². The van der Waals surface area contributed by atoms with E-state index in [-0.39, 0.29) is 19.4 Å². The molecule has 12 nitrogen and oxygen atoms in total. The number of nitrogens with one attached hydrogen (secondary N) is 1. The number of Topliss-reactive ketones (excluding diaryl/α,β-unsaturated/α-hetero) is 1.